The van der Waals surface area contributed by atoms with Crippen LogP contribution >= 0.6 is 0 Å². The summed E-state index contributed by atoms with van der Waals surface area (Å²) in [6, 6.07) is 85.6. The first kappa shape index (κ1) is 38.4. The van der Waals surface area contributed by atoms with Gasteiger partial charge in [-0.3, -0.25) is 0 Å². The van der Waals surface area contributed by atoms with E-state index in [0.29, 0.717) is 0 Å². The minimum Gasteiger partial charge on any atom is -0.310 e. The Bertz CT molecular complexity index is 3530. The molecule has 3 nitrogen and oxygen atoms in total. The number of benzene rings is 9. The molecule has 0 saturated heterocycles. The average molecular weight is 832 g/mol. The highest BCUT2D eigenvalue weighted by molar-refractivity contribution is 6.08. The number of nitrogens with zero attached hydrogens (tertiary/aromatic N) is 3. The first-order valence-corrected chi connectivity index (χ1v) is 22.5. The predicted octanol–water partition coefficient (Wildman–Crippen LogP) is 16.6. The third kappa shape index (κ3) is 6.55. The van der Waals surface area contributed by atoms with Crippen LogP contribution in [0.3, 0.4) is 0 Å². The SMILES string of the molecule is CC1(C)c2ccccc2-c2ccc(N(c3ccc(-c4ccccc4)cc3)c3cccc(-c4ccc(-c5nn6c(-c7ccccc7)cc7ccccc7c6c5-c5ccccc5)cc4)c3)cc21. The van der Waals surface area contributed by atoms with E-state index in [9.17, 15) is 0 Å². The van der Waals surface area contributed by atoms with Crippen molar-refractivity contribution in [2.75, 3.05) is 4.90 Å². The quantitative estimate of drug-likeness (QED) is 0.152. The maximum absolute atomic E-state index is 5.48. The summed E-state index contributed by atoms with van der Waals surface area (Å²) >= 11 is 0. The summed E-state index contributed by atoms with van der Waals surface area (Å²) in [7, 11) is 0. The summed E-state index contributed by atoms with van der Waals surface area (Å²) in [5.41, 5.74) is 20.8. The van der Waals surface area contributed by atoms with Crippen LogP contribution in [0.15, 0.2) is 237 Å². The zero-order valence-corrected chi connectivity index (χ0v) is 36.4. The fraction of sp³-hybridized carbons (Fsp3) is 0.0484. The minimum atomic E-state index is -0.119. The Kier molecular flexibility index (Phi) is 9.17. The van der Waals surface area contributed by atoms with E-state index in [-0.39, 0.29) is 5.41 Å². The summed E-state index contributed by atoms with van der Waals surface area (Å²) in [4.78, 5) is 2.41. The second kappa shape index (κ2) is 15.5. The van der Waals surface area contributed by atoms with Crippen molar-refractivity contribution in [1.29, 1.82) is 0 Å². The Morgan fingerprint density at radius 3 is 1.68 bits per heavy atom. The van der Waals surface area contributed by atoms with Crippen LogP contribution in [0.25, 0.3) is 83.3 Å². The largest absolute Gasteiger partial charge is 0.310 e. The lowest BCUT2D eigenvalue weighted by atomic mass is 9.82. The molecule has 2 aromatic heterocycles. The van der Waals surface area contributed by atoms with Gasteiger partial charge in [-0.1, -0.05) is 208 Å². The van der Waals surface area contributed by atoms with E-state index in [1.54, 1.807) is 0 Å². The van der Waals surface area contributed by atoms with Crippen LogP contribution < -0.4 is 4.90 Å². The number of rotatable bonds is 8. The second-order valence-electron chi connectivity index (χ2n) is 17.6. The lowest BCUT2D eigenvalue weighted by molar-refractivity contribution is 0.660. The van der Waals surface area contributed by atoms with Crippen LogP contribution in [-0.4, -0.2) is 9.61 Å². The van der Waals surface area contributed by atoms with Crippen molar-refractivity contribution >= 4 is 33.4 Å². The Balaban J connectivity index is 0.971. The zero-order valence-electron chi connectivity index (χ0n) is 36.4. The van der Waals surface area contributed by atoms with Crippen molar-refractivity contribution in [2.45, 2.75) is 19.3 Å². The maximum Gasteiger partial charge on any atom is 0.101 e. The van der Waals surface area contributed by atoms with Gasteiger partial charge in [-0.25, -0.2) is 4.52 Å². The first-order valence-electron chi connectivity index (χ1n) is 22.5. The summed E-state index contributed by atoms with van der Waals surface area (Å²) < 4.78 is 2.16. The Morgan fingerprint density at radius 2 is 0.923 bits per heavy atom. The molecule has 0 radical (unpaired) electrons. The molecule has 1 aliphatic carbocycles. The average Bonchev–Trinajstić information content (AvgIpc) is 3.88. The summed E-state index contributed by atoms with van der Waals surface area (Å²) in [6.07, 6.45) is 0. The smallest absolute Gasteiger partial charge is 0.101 e. The van der Waals surface area contributed by atoms with Crippen molar-refractivity contribution in [1.82, 2.24) is 9.61 Å². The van der Waals surface area contributed by atoms with Crippen molar-refractivity contribution < 1.29 is 0 Å². The molecule has 0 saturated carbocycles. The number of hydrogen-bond acceptors (Lipinski definition) is 2. The molecule has 1 aliphatic rings. The van der Waals surface area contributed by atoms with Crippen LogP contribution in [0, 0.1) is 0 Å². The first-order chi connectivity index (χ1) is 32.0. The number of pyridine rings is 1. The summed E-state index contributed by atoms with van der Waals surface area (Å²) in [6.45, 7) is 4.70. The molecular formula is C62H45N3. The standard InChI is InChI=1S/C62H45N3/c1-62(2)56-28-15-14-27-54(56)55-38-37-52(41-57(55)62)64(50-35-33-43(34-36-50)42-17-6-3-7-18-42)51-25-16-24-48(39-51)44-29-31-47(32-30-44)60-59(46-21-10-5-11-22-46)61-53-26-13-12-23-49(53)40-58(65(61)63-60)45-19-8-4-9-20-45/h3-41H,1-2H3. The van der Waals surface area contributed by atoms with Gasteiger partial charge in [0, 0.05) is 44.6 Å². The van der Waals surface area contributed by atoms with Gasteiger partial charge < -0.3 is 4.90 Å². The van der Waals surface area contributed by atoms with Gasteiger partial charge >= 0.3 is 0 Å². The van der Waals surface area contributed by atoms with Crippen molar-refractivity contribution in [2.24, 2.45) is 0 Å². The Hall–Kier alpha value is -8.27. The number of fused-ring (bicyclic) bond motifs is 6. The van der Waals surface area contributed by atoms with Gasteiger partial charge in [0.05, 0.1) is 11.2 Å². The fourth-order valence-corrected chi connectivity index (χ4v) is 10.1. The highest BCUT2D eigenvalue weighted by Crippen LogP contribution is 2.51. The molecule has 0 N–H and O–H groups in total. The van der Waals surface area contributed by atoms with Crippen molar-refractivity contribution in [3.05, 3.63) is 248 Å². The van der Waals surface area contributed by atoms with Gasteiger partial charge in [0.2, 0.25) is 0 Å². The van der Waals surface area contributed by atoms with Crippen LogP contribution in [0.4, 0.5) is 17.1 Å². The van der Waals surface area contributed by atoms with Gasteiger partial charge in [-0.15, -0.1) is 0 Å². The van der Waals surface area contributed by atoms with Crippen LogP contribution in [0.1, 0.15) is 25.0 Å². The predicted molar refractivity (Wildman–Crippen MR) is 272 cm³/mol. The van der Waals surface area contributed by atoms with Crippen LogP contribution in [-0.2, 0) is 5.41 Å². The maximum atomic E-state index is 5.48. The molecule has 3 heteroatoms. The summed E-state index contributed by atoms with van der Waals surface area (Å²) in [5, 5.41) is 7.84. The molecule has 12 rings (SSSR count). The van der Waals surface area contributed by atoms with Crippen LogP contribution in [0.2, 0.25) is 0 Å². The molecule has 11 aromatic rings. The van der Waals surface area contributed by atoms with E-state index >= 15 is 0 Å². The molecule has 0 spiro atoms. The third-order valence-corrected chi connectivity index (χ3v) is 13.4. The summed E-state index contributed by atoms with van der Waals surface area (Å²) in [5.74, 6) is 0. The molecule has 308 valence electrons. The van der Waals surface area contributed by atoms with Gasteiger partial charge in [-0.2, -0.15) is 5.10 Å². The van der Waals surface area contributed by atoms with Gasteiger partial charge in [0.15, 0.2) is 0 Å². The van der Waals surface area contributed by atoms with Gasteiger partial charge in [-0.05, 0) is 97.9 Å². The molecule has 2 heterocycles. The second-order valence-corrected chi connectivity index (χ2v) is 17.6. The minimum absolute atomic E-state index is 0.119. The lowest BCUT2D eigenvalue weighted by Gasteiger charge is -2.28. The highest BCUT2D eigenvalue weighted by Gasteiger charge is 2.35. The number of anilines is 3. The topological polar surface area (TPSA) is 20.5 Å². The fourth-order valence-electron chi connectivity index (χ4n) is 10.1. The third-order valence-electron chi connectivity index (χ3n) is 13.4. The number of aromatic nitrogens is 2. The van der Waals surface area contributed by atoms with E-state index < -0.39 is 0 Å². The molecule has 0 aliphatic heterocycles. The van der Waals surface area contributed by atoms with E-state index in [0.717, 1.165) is 67.3 Å². The molecule has 65 heavy (non-hydrogen) atoms. The highest BCUT2D eigenvalue weighted by atomic mass is 15.2. The molecular weight excluding hydrogens is 787 g/mol. The Labute approximate surface area is 380 Å². The molecule has 9 aromatic carbocycles. The van der Waals surface area contributed by atoms with Crippen molar-refractivity contribution in [3.63, 3.8) is 0 Å². The van der Waals surface area contributed by atoms with Gasteiger partial charge in [0.25, 0.3) is 0 Å². The molecule has 0 bridgehead atoms. The lowest BCUT2D eigenvalue weighted by Crippen LogP contribution is -2.16. The molecule has 0 fully saturated rings. The monoisotopic (exact) mass is 831 g/mol. The van der Waals surface area contributed by atoms with Crippen LogP contribution in [0.5, 0.6) is 0 Å². The zero-order chi connectivity index (χ0) is 43.5. The van der Waals surface area contributed by atoms with E-state index in [2.05, 4.69) is 260 Å². The van der Waals surface area contributed by atoms with E-state index in [1.165, 1.54) is 44.2 Å². The van der Waals surface area contributed by atoms with Crippen molar-refractivity contribution in [3.8, 4) is 67.0 Å². The molecule has 0 unspecified atom stereocenters. The van der Waals surface area contributed by atoms with E-state index in [1.807, 2.05) is 0 Å². The normalized spacial score (nSPS) is 12.6. The molecule has 0 atom stereocenters. The van der Waals surface area contributed by atoms with Gasteiger partial charge in [0.1, 0.15) is 5.69 Å². The van der Waals surface area contributed by atoms with E-state index in [4.69, 9.17) is 5.10 Å². The number of hydrogen-bond donors (Lipinski definition) is 0. The Morgan fingerprint density at radius 1 is 0.385 bits per heavy atom. The molecule has 0 amide bonds.